The summed E-state index contributed by atoms with van der Waals surface area (Å²) in [6.07, 6.45) is 1.66. The quantitative estimate of drug-likeness (QED) is 0.559. The van der Waals surface area contributed by atoms with Crippen molar-refractivity contribution in [3.05, 3.63) is 51.5 Å². The smallest absolute Gasteiger partial charge is 0.308 e. The minimum absolute atomic E-state index is 0.0346. The minimum atomic E-state index is -0.378. The molecule has 0 radical (unpaired) electrons. The largest absolute Gasteiger partial charge is 0.496 e. The van der Waals surface area contributed by atoms with Crippen LogP contribution in [0, 0.1) is 6.92 Å². The lowest BCUT2D eigenvalue weighted by Crippen LogP contribution is -2.17. The molecule has 0 unspecified atom stereocenters. The van der Waals surface area contributed by atoms with Gasteiger partial charge in [0, 0.05) is 18.1 Å². The Bertz CT molecular complexity index is 771. The van der Waals surface area contributed by atoms with E-state index in [-0.39, 0.29) is 12.1 Å². The molecule has 0 saturated carbocycles. The number of rotatable bonds is 3. The van der Waals surface area contributed by atoms with E-state index >= 15 is 0 Å². The molecule has 0 spiro atoms. The van der Waals surface area contributed by atoms with Crippen LogP contribution in [0.25, 0.3) is 0 Å². The van der Waals surface area contributed by atoms with Gasteiger partial charge in [0.15, 0.2) is 5.75 Å². The summed E-state index contributed by atoms with van der Waals surface area (Å²) in [6, 6.07) is 10.1. The Morgan fingerprint density at radius 2 is 1.96 bits per heavy atom. The number of fused-ring (bicyclic) bond motifs is 1. The Labute approximate surface area is 149 Å². The van der Waals surface area contributed by atoms with Crippen LogP contribution < -0.4 is 14.2 Å². The van der Waals surface area contributed by atoms with Crippen molar-refractivity contribution in [3.63, 3.8) is 0 Å². The maximum absolute atomic E-state index is 11.4. The number of carbonyl (C=O) groups is 1. The highest BCUT2D eigenvalue weighted by molar-refractivity contribution is 9.10. The second kappa shape index (κ2) is 6.85. The second-order valence-electron chi connectivity index (χ2n) is 5.76. The van der Waals surface area contributed by atoms with Gasteiger partial charge >= 0.3 is 5.97 Å². The molecule has 0 bridgehead atoms. The first kappa shape index (κ1) is 16.8. The fourth-order valence-electron chi connectivity index (χ4n) is 3.10. The van der Waals surface area contributed by atoms with E-state index in [0.717, 1.165) is 35.3 Å². The molecule has 0 amide bonds. The number of hydrogen-bond donors (Lipinski definition) is 0. The van der Waals surface area contributed by atoms with E-state index in [0.29, 0.717) is 16.0 Å². The van der Waals surface area contributed by atoms with E-state index in [1.807, 2.05) is 25.1 Å². The van der Waals surface area contributed by atoms with Crippen molar-refractivity contribution < 1.29 is 19.0 Å². The summed E-state index contributed by atoms with van der Waals surface area (Å²) >= 11 is 3.55. The van der Waals surface area contributed by atoms with E-state index in [1.165, 1.54) is 6.92 Å². The summed E-state index contributed by atoms with van der Waals surface area (Å²) in [5.41, 5.74) is 2.92. The Hall–Kier alpha value is -2.01. The first-order valence-electron chi connectivity index (χ1n) is 7.81. The van der Waals surface area contributed by atoms with Crippen LogP contribution in [0.2, 0.25) is 0 Å². The molecular formula is C19H19BrO4. The van der Waals surface area contributed by atoms with E-state index < -0.39 is 0 Å². The van der Waals surface area contributed by atoms with Crippen molar-refractivity contribution >= 4 is 21.9 Å². The number of methoxy groups -OCH3 is 1. The van der Waals surface area contributed by atoms with Crippen molar-refractivity contribution in [3.8, 4) is 17.2 Å². The van der Waals surface area contributed by atoms with Gasteiger partial charge in [-0.2, -0.15) is 0 Å². The van der Waals surface area contributed by atoms with Crippen LogP contribution in [-0.4, -0.2) is 13.1 Å². The zero-order valence-electron chi connectivity index (χ0n) is 13.9. The van der Waals surface area contributed by atoms with Gasteiger partial charge in [0.05, 0.1) is 7.11 Å². The maximum Gasteiger partial charge on any atom is 0.308 e. The monoisotopic (exact) mass is 390 g/mol. The van der Waals surface area contributed by atoms with Gasteiger partial charge < -0.3 is 14.2 Å². The van der Waals surface area contributed by atoms with Crippen LogP contribution in [0.3, 0.4) is 0 Å². The van der Waals surface area contributed by atoms with Gasteiger partial charge in [0.25, 0.3) is 0 Å². The first-order valence-corrected chi connectivity index (χ1v) is 8.61. The summed E-state index contributed by atoms with van der Waals surface area (Å²) in [5.74, 6) is 1.48. The van der Waals surface area contributed by atoms with Crippen LogP contribution in [0.15, 0.2) is 34.8 Å². The van der Waals surface area contributed by atoms with Crippen molar-refractivity contribution in [1.29, 1.82) is 0 Å². The van der Waals surface area contributed by atoms with Gasteiger partial charge in [-0.3, -0.25) is 4.79 Å². The highest BCUT2D eigenvalue weighted by atomic mass is 79.9. The maximum atomic E-state index is 11.4. The Morgan fingerprint density at radius 1 is 1.25 bits per heavy atom. The molecule has 1 aliphatic rings. The van der Waals surface area contributed by atoms with Gasteiger partial charge in [-0.05, 0) is 41.3 Å². The Kier molecular flexibility index (Phi) is 4.81. The van der Waals surface area contributed by atoms with Gasteiger partial charge in [-0.25, -0.2) is 0 Å². The second-order valence-corrected chi connectivity index (χ2v) is 6.55. The highest BCUT2D eigenvalue weighted by Crippen LogP contribution is 2.50. The van der Waals surface area contributed by atoms with Gasteiger partial charge in [-0.15, -0.1) is 0 Å². The molecular weight excluding hydrogens is 372 g/mol. The molecule has 24 heavy (non-hydrogen) atoms. The van der Waals surface area contributed by atoms with Crippen LogP contribution in [0.5, 0.6) is 17.2 Å². The average Bonchev–Trinajstić information content (AvgIpc) is 2.59. The Morgan fingerprint density at radius 3 is 2.58 bits per heavy atom. The molecule has 0 saturated heterocycles. The first-order chi connectivity index (χ1) is 11.5. The molecule has 0 aliphatic carbocycles. The Balaban J connectivity index is 2.07. The van der Waals surface area contributed by atoms with Gasteiger partial charge in [-0.1, -0.05) is 30.3 Å². The summed E-state index contributed by atoms with van der Waals surface area (Å²) in [5, 5.41) is 0. The number of hydrogen-bond acceptors (Lipinski definition) is 4. The molecule has 126 valence electrons. The van der Waals surface area contributed by atoms with E-state index in [9.17, 15) is 4.79 Å². The molecule has 2 aromatic carbocycles. The normalized spacial score (nSPS) is 16.1. The molecule has 4 nitrogen and oxygen atoms in total. The predicted octanol–water partition coefficient (Wildman–Crippen LogP) is 4.76. The van der Waals surface area contributed by atoms with Crippen LogP contribution in [0.1, 0.15) is 36.1 Å². The average molecular weight is 391 g/mol. The lowest BCUT2D eigenvalue weighted by Gasteiger charge is -2.30. The zero-order valence-corrected chi connectivity index (χ0v) is 15.5. The third kappa shape index (κ3) is 3.00. The van der Waals surface area contributed by atoms with Crippen molar-refractivity contribution in [2.75, 3.05) is 7.11 Å². The predicted molar refractivity (Wildman–Crippen MR) is 94.9 cm³/mol. The van der Waals surface area contributed by atoms with Crippen LogP contribution in [-0.2, 0) is 11.2 Å². The molecule has 3 rings (SSSR count). The molecule has 2 aromatic rings. The lowest BCUT2D eigenvalue weighted by atomic mass is 9.95. The molecule has 1 heterocycles. The van der Waals surface area contributed by atoms with E-state index in [1.54, 1.807) is 7.11 Å². The van der Waals surface area contributed by atoms with Crippen molar-refractivity contribution in [2.45, 2.75) is 32.8 Å². The van der Waals surface area contributed by atoms with E-state index in [2.05, 4.69) is 28.1 Å². The van der Waals surface area contributed by atoms with Crippen LogP contribution >= 0.6 is 15.9 Å². The van der Waals surface area contributed by atoms with Crippen molar-refractivity contribution in [1.82, 2.24) is 0 Å². The molecule has 0 aromatic heterocycles. The fourth-order valence-corrected chi connectivity index (χ4v) is 3.81. The van der Waals surface area contributed by atoms with Gasteiger partial charge in [0.1, 0.15) is 22.1 Å². The minimum Gasteiger partial charge on any atom is -0.496 e. The third-order valence-corrected chi connectivity index (χ3v) is 4.89. The summed E-state index contributed by atoms with van der Waals surface area (Å²) in [7, 11) is 1.62. The highest BCUT2D eigenvalue weighted by Gasteiger charge is 2.30. The van der Waals surface area contributed by atoms with E-state index in [4.69, 9.17) is 14.2 Å². The molecule has 1 aliphatic heterocycles. The molecule has 0 N–H and O–H groups in total. The summed E-state index contributed by atoms with van der Waals surface area (Å²) in [4.78, 5) is 11.4. The molecule has 0 fully saturated rings. The molecule has 5 heteroatoms. The zero-order chi connectivity index (χ0) is 17.3. The standard InChI is InChI=1S/C19H19BrO4/c1-11-17(22-3)14-9-10-15(13-7-5-4-6-8-13)24-19(14)16(20)18(11)23-12(2)21/h4-8,15H,9-10H2,1-3H3/t15-/m0/s1. The van der Waals surface area contributed by atoms with Crippen LogP contribution in [0.4, 0.5) is 0 Å². The number of carbonyl (C=O) groups excluding carboxylic acids is 1. The number of ether oxygens (including phenoxy) is 3. The molecule has 1 atom stereocenters. The number of benzene rings is 2. The summed E-state index contributed by atoms with van der Waals surface area (Å²) < 4.78 is 17.9. The number of esters is 1. The fraction of sp³-hybridized carbons (Fsp3) is 0.316. The topological polar surface area (TPSA) is 44.8 Å². The van der Waals surface area contributed by atoms with Crippen molar-refractivity contribution in [2.24, 2.45) is 0 Å². The SMILES string of the molecule is COc1c(C)c(OC(C)=O)c(Br)c2c1CC[C@@H](c1ccccc1)O2. The summed E-state index contributed by atoms with van der Waals surface area (Å²) in [6.45, 7) is 3.26. The van der Waals surface area contributed by atoms with Gasteiger partial charge in [0.2, 0.25) is 0 Å². The number of halogens is 1. The third-order valence-electron chi connectivity index (χ3n) is 4.17. The lowest BCUT2D eigenvalue weighted by molar-refractivity contribution is -0.132.